The van der Waals surface area contributed by atoms with Crippen LogP contribution in [0.25, 0.3) is 0 Å². The normalized spacial score (nSPS) is 12.5. The summed E-state index contributed by atoms with van der Waals surface area (Å²) in [5.41, 5.74) is -0.0297. The van der Waals surface area contributed by atoms with Gasteiger partial charge in [-0.15, -0.1) is 0 Å². The topological polar surface area (TPSA) is 72.0 Å². The van der Waals surface area contributed by atoms with E-state index in [0.29, 0.717) is 6.42 Å². The molecule has 96 valence electrons. The van der Waals surface area contributed by atoms with E-state index < -0.39 is 10.0 Å². The van der Waals surface area contributed by atoms with E-state index in [4.69, 9.17) is 11.6 Å². The van der Waals surface area contributed by atoms with Gasteiger partial charge in [-0.25, -0.2) is 18.4 Å². The number of hydrogen-bond donors (Lipinski definition) is 1. The number of sulfonamides is 1. The summed E-state index contributed by atoms with van der Waals surface area (Å²) in [5, 5.41) is 0.202. The second-order valence-electron chi connectivity index (χ2n) is 4.96. The van der Waals surface area contributed by atoms with Crippen molar-refractivity contribution in [2.45, 2.75) is 27.2 Å². The van der Waals surface area contributed by atoms with E-state index in [1.807, 2.05) is 20.8 Å². The molecule has 0 fully saturated rings. The predicted octanol–water partition coefficient (Wildman–Crippen LogP) is 2.31. The molecule has 0 radical (unpaired) electrons. The second-order valence-corrected chi connectivity index (χ2v) is 7.19. The van der Waals surface area contributed by atoms with Crippen LogP contribution in [0.4, 0.5) is 5.82 Å². The SMILES string of the molecule is CC(C)(C)CCS(=O)(=O)Nc1cc(Cl)ncn1. The van der Waals surface area contributed by atoms with Crippen LogP contribution in [0, 0.1) is 5.41 Å². The van der Waals surface area contributed by atoms with Crippen molar-refractivity contribution in [1.29, 1.82) is 0 Å². The summed E-state index contributed by atoms with van der Waals surface area (Å²) in [4.78, 5) is 7.46. The second kappa shape index (κ2) is 5.18. The maximum atomic E-state index is 11.7. The highest BCUT2D eigenvalue weighted by atomic mass is 35.5. The fourth-order valence-electron chi connectivity index (χ4n) is 1.04. The molecule has 0 saturated heterocycles. The molecule has 0 saturated carbocycles. The molecule has 7 heteroatoms. The summed E-state index contributed by atoms with van der Waals surface area (Å²) in [6, 6.07) is 1.37. The van der Waals surface area contributed by atoms with E-state index in [0.717, 1.165) is 0 Å². The monoisotopic (exact) mass is 277 g/mol. The lowest BCUT2D eigenvalue weighted by molar-refractivity contribution is 0.397. The zero-order valence-electron chi connectivity index (χ0n) is 10.1. The molecule has 1 aromatic heterocycles. The van der Waals surface area contributed by atoms with Crippen molar-refractivity contribution >= 4 is 27.4 Å². The quantitative estimate of drug-likeness (QED) is 0.857. The summed E-state index contributed by atoms with van der Waals surface area (Å²) in [5.74, 6) is 0.247. The van der Waals surface area contributed by atoms with Gasteiger partial charge in [-0.05, 0) is 11.8 Å². The maximum Gasteiger partial charge on any atom is 0.233 e. The number of halogens is 1. The summed E-state index contributed by atoms with van der Waals surface area (Å²) in [7, 11) is -3.38. The zero-order valence-corrected chi connectivity index (χ0v) is 11.6. The Labute approximate surface area is 107 Å². The third-order valence-electron chi connectivity index (χ3n) is 2.01. The number of nitrogens with one attached hydrogen (secondary N) is 1. The van der Waals surface area contributed by atoms with E-state index in [9.17, 15) is 8.42 Å². The Bertz CT molecular complexity index is 483. The first-order valence-corrected chi connectivity index (χ1v) is 7.19. The molecule has 0 aromatic carbocycles. The minimum Gasteiger partial charge on any atom is -0.267 e. The van der Waals surface area contributed by atoms with Crippen molar-refractivity contribution in [2.75, 3.05) is 10.5 Å². The Morgan fingerprint density at radius 1 is 1.35 bits per heavy atom. The van der Waals surface area contributed by atoms with Gasteiger partial charge in [0.05, 0.1) is 5.75 Å². The first-order valence-electron chi connectivity index (χ1n) is 5.16. The van der Waals surface area contributed by atoms with Gasteiger partial charge in [-0.2, -0.15) is 0 Å². The maximum absolute atomic E-state index is 11.7. The van der Waals surface area contributed by atoms with Crippen molar-refractivity contribution in [3.05, 3.63) is 17.5 Å². The molecular weight excluding hydrogens is 262 g/mol. The Morgan fingerprint density at radius 3 is 2.53 bits per heavy atom. The van der Waals surface area contributed by atoms with Gasteiger partial charge in [-0.1, -0.05) is 32.4 Å². The Hall–Kier alpha value is -0.880. The molecule has 1 N–H and O–H groups in total. The molecule has 1 heterocycles. The van der Waals surface area contributed by atoms with Crippen LogP contribution >= 0.6 is 11.6 Å². The summed E-state index contributed by atoms with van der Waals surface area (Å²) in [6.07, 6.45) is 1.78. The average Bonchev–Trinajstić information content (AvgIpc) is 2.13. The molecule has 0 aliphatic heterocycles. The van der Waals surface area contributed by atoms with Crippen molar-refractivity contribution in [2.24, 2.45) is 5.41 Å². The van der Waals surface area contributed by atoms with Crippen molar-refractivity contribution in [3.8, 4) is 0 Å². The van der Waals surface area contributed by atoms with Crippen molar-refractivity contribution in [3.63, 3.8) is 0 Å². The largest absolute Gasteiger partial charge is 0.267 e. The number of hydrogen-bond acceptors (Lipinski definition) is 4. The third kappa shape index (κ3) is 5.83. The molecule has 0 amide bonds. The predicted molar refractivity (Wildman–Crippen MR) is 68.5 cm³/mol. The van der Waals surface area contributed by atoms with Crippen LogP contribution in [0.3, 0.4) is 0 Å². The molecule has 1 aromatic rings. The van der Waals surface area contributed by atoms with Crippen LogP contribution in [0.5, 0.6) is 0 Å². The minimum absolute atomic E-state index is 0.0297. The molecule has 0 aliphatic rings. The lowest BCUT2D eigenvalue weighted by atomic mass is 9.94. The Balaban J connectivity index is 2.67. The summed E-state index contributed by atoms with van der Waals surface area (Å²) >= 11 is 5.64. The molecule has 0 unspecified atom stereocenters. The van der Waals surface area contributed by atoms with Gasteiger partial charge in [0.2, 0.25) is 10.0 Å². The number of anilines is 1. The third-order valence-corrected chi connectivity index (χ3v) is 3.48. The van der Waals surface area contributed by atoms with Crippen molar-refractivity contribution in [1.82, 2.24) is 9.97 Å². The van der Waals surface area contributed by atoms with Gasteiger partial charge >= 0.3 is 0 Å². The Kier molecular flexibility index (Phi) is 4.32. The van der Waals surface area contributed by atoms with Gasteiger partial charge in [0, 0.05) is 6.07 Å². The van der Waals surface area contributed by atoms with Gasteiger partial charge in [0.25, 0.3) is 0 Å². The fraction of sp³-hybridized carbons (Fsp3) is 0.600. The van der Waals surface area contributed by atoms with Gasteiger partial charge < -0.3 is 0 Å². The molecule has 0 aliphatic carbocycles. The molecular formula is C10H16ClN3O2S. The van der Waals surface area contributed by atoms with Crippen LogP contribution in [-0.2, 0) is 10.0 Å². The lowest BCUT2D eigenvalue weighted by Gasteiger charge is -2.17. The smallest absolute Gasteiger partial charge is 0.233 e. The molecule has 5 nitrogen and oxygen atoms in total. The van der Waals surface area contributed by atoms with Crippen LogP contribution in [0.15, 0.2) is 12.4 Å². The highest BCUT2D eigenvalue weighted by Gasteiger charge is 2.17. The Morgan fingerprint density at radius 2 is 2.00 bits per heavy atom. The highest BCUT2D eigenvalue weighted by molar-refractivity contribution is 7.92. The molecule has 17 heavy (non-hydrogen) atoms. The molecule has 0 atom stereocenters. The molecule has 0 bridgehead atoms. The van der Waals surface area contributed by atoms with Crippen molar-refractivity contribution < 1.29 is 8.42 Å². The van der Waals surface area contributed by atoms with Gasteiger partial charge in [0.15, 0.2) is 0 Å². The lowest BCUT2D eigenvalue weighted by Crippen LogP contribution is -2.21. The first-order chi connectivity index (χ1) is 7.68. The van der Waals surface area contributed by atoms with E-state index in [2.05, 4.69) is 14.7 Å². The number of rotatable bonds is 4. The minimum atomic E-state index is -3.38. The average molecular weight is 278 g/mol. The number of nitrogens with zero attached hydrogens (tertiary/aromatic N) is 2. The number of aromatic nitrogens is 2. The summed E-state index contributed by atoms with van der Waals surface area (Å²) < 4.78 is 25.9. The van der Waals surface area contributed by atoms with Crippen LogP contribution in [0.1, 0.15) is 27.2 Å². The van der Waals surface area contributed by atoms with Crippen LogP contribution in [0.2, 0.25) is 5.15 Å². The summed E-state index contributed by atoms with van der Waals surface area (Å²) in [6.45, 7) is 5.97. The standard InChI is InChI=1S/C10H16ClN3O2S/c1-10(2,3)4-5-17(15,16)14-9-6-8(11)12-7-13-9/h6-7H,4-5H2,1-3H3,(H,12,13,14). The van der Waals surface area contributed by atoms with E-state index >= 15 is 0 Å². The van der Waals surface area contributed by atoms with Crippen LogP contribution < -0.4 is 4.72 Å². The van der Waals surface area contributed by atoms with E-state index in [1.54, 1.807) is 0 Å². The highest BCUT2D eigenvalue weighted by Crippen LogP contribution is 2.20. The van der Waals surface area contributed by atoms with Crippen LogP contribution in [-0.4, -0.2) is 24.1 Å². The van der Waals surface area contributed by atoms with E-state index in [-0.39, 0.29) is 22.1 Å². The van der Waals surface area contributed by atoms with Gasteiger partial charge in [-0.3, -0.25) is 4.72 Å². The fourth-order valence-corrected chi connectivity index (χ4v) is 2.60. The molecule has 1 rings (SSSR count). The van der Waals surface area contributed by atoms with Gasteiger partial charge in [0.1, 0.15) is 17.3 Å². The first kappa shape index (κ1) is 14.2. The zero-order chi connectivity index (χ0) is 13.1. The van der Waals surface area contributed by atoms with E-state index in [1.165, 1.54) is 12.4 Å². The molecule has 0 spiro atoms.